The zero-order chi connectivity index (χ0) is 13.8. The van der Waals surface area contributed by atoms with Crippen LogP contribution in [0, 0.1) is 0 Å². The molecule has 0 atom stereocenters. The number of rotatable bonds is 6. The molecule has 0 saturated heterocycles. The van der Waals surface area contributed by atoms with Crippen LogP contribution >= 0.6 is 0 Å². The van der Waals surface area contributed by atoms with Crippen LogP contribution in [0.5, 0.6) is 5.75 Å². The normalized spacial score (nSPS) is 15.8. The van der Waals surface area contributed by atoms with Crippen molar-refractivity contribution >= 4 is 0 Å². The number of hydrogen-bond acceptors (Lipinski definition) is 3. The number of ether oxygens (including phenoxy) is 1. The lowest BCUT2D eigenvalue weighted by Crippen LogP contribution is -2.06. The van der Waals surface area contributed by atoms with Crippen molar-refractivity contribution in [3.8, 4) is 5.75 Å². The van der Waals surface area contributed by atoms with Gasteiger partial charge in [0.2, 0.25) is 0 Å². The molecule has 2 aromatic rings. The minimum Gasteiger partial charge on any atom is -0.484 e. The van der Waals surface area contributed by atoms with Crippen molar-refractivity contribution in [3.63, 3.8) is 0 Å². The van der Waals surface area contributed by atoms with Gasteiger partial charge in [-0.05, 0) is 25.3 Å². The van der Waals surface area contributed by atoms with Crippen LogP contribution in [0.1, 0.15) is 50.8 Å². The van der Waals surface area contributed by atoms with E-state index in [0.29, 0.717) is 12.6 Å². The second-order valence-electron chi connectivity index (χ2n) is 5.45. The van der Waals surface area contributed by atoms with Gasteiger partial charge in [-0.25, -0.2) is 0 Å². The summed E-state index contributed by atoms with van der Waals surface area (Å²) in [7, 11) is 0. The Morgan fingerprint density at radius 1 is 1.35 bits per heavy atom. The van der Waals surface area contributed by atoms with E-state index in [2.05, 4.69) is 34.1 Å². The van der Waals surface area contributed by atoms with Crippen molar-refractivity contribution in [1.82, 2.24) is 19.6 Å². The maximum atomic E-state index is 5.74. The molecule has 1 saturated carbocycles. The smallest absolute Gasteiger partial charge is 0.157 e. The monoisotopic (exact) mass is 274 g/mol. The van der Waals surface area contributed by atoms with E-state index in [-0.39, 0.29) is 0 Å². The molecule has 108 valence electrons. The lowest BCUT2D eigenvalue weighted by Gasteiger charge is -2.08. The van der Waals surface area contributed by atoms with Crippen molar-refractivity contribution < 1.29 is 4.74 Å². The van der Waals surface area contributed by atoms with Crippen molar-refractivity contribution in [2.24, 2.45) is 0 Å². The van der Waals surface area contributed by atoms with Gasteiger partial charge in [-0.3, -0.25) is 9.36 Å². The van der Waals surface area contributed by atoms with Gasteiger partial charge >= 0.3 is 0 Å². The third-order valence-electron chi connectivity index (χ3n) is 3.81. The number of aryl methyl sites for hydroxylation is 1. The van der Waals surface area contributed by atoms with Crippen LogP contribution in [0.15, 0.2) is 24.7 Å². The summed E-state index contributed by atoms with van der Waals surface area (Å²) in [6.45, 7) is 3.58. The molecule has 0 bridgehead atoms. The average Bonchev–Trinajstić information content (AvgIpc) is 3.18. The fraction of sp³-hybridized carbons (Fsp3) is 0.600. The van der Waals surface area contributed by atoms with Gasteiger partial charge in [0, 0.05) is 12.7 Å². The molecule has 2 aromatic heterocycles. The highest BCUT2D eigenvalue weighted by Crippen LogP contribution is 2.28. The minimum atomic E-state index is 0.511. The first-order chi connectivity index (χ1) is 9.85. The Balaban J connectivity index is 1.54. The summed E-state index contributed by atoms with van der Waals surface area (Å²) in [5.41, 5.74) is 0.986. The van der Waals surface area contributed by atoms with Crippen molar-refractivity contribution in [2.45, 2.75) is 58.2 Å². The minimum absolute atomic E-state index is 0.511. The Labute approximate surface area is 119 Å². The molecule has 0 aromatic carbocycles. The van der Waals surface area contributed by atoms with Crippen LogP contribution in [0.2, 0.25) is 0 Å². The van der Waals surface area contributed by atoms with Crippen molar-refractivity contribution in [1.29, 1.82) is 0 Å². The summed E-state index contributed by atoms with van der Waals surface area (Å²) in [6, 6.07) is 2.64. The fourth-order valence-electron chi connectivity index (χ4n) is 2.75. The van der Waals surface area contributed by atoms with Crippen LogP contribution < -0.4 is 4.74 Å². The molecule has 5 nitrogen and oxygen atoms in total. The Hall–Kier alpha value is -1.78. The first kappa shape index (κ1) is 13.2. The summed E-state index contributed by atoms with van der Waals surface area (Å²) in [6.07, 6.45) is 12.0. The lowest BCUT2D eigenvalue weighted by atomic mass is 10.3. The first-order valence-electron chi connectivity index (χ1n) is 7.54. The standard InChI is InChI=1S/C15H22N4O/c1-2-8-18-11-15(10-16-18)20-12-13-7-9-19(17-13)14-5-3-4-6-14/h7,9-11,14H,2-6,8,12H2,1H3. The zero-order valence-electron chi connectivity index (χ0n) is 12.0. The van der Waals surface area contributed by atoms with Gasteiger partial charge < -0.3 is 4.74 Å². The molecule has 1 fully saturated rings. The van der Waals surface area contributed by atoms with E-state index in [0.717, 1.165) is 24.4 Å². The van der Waals surface area contributed by atoms with E-state index in [1.54, 1.807) is 6.20 Å². The highest BCUT2D eigenvalue weighted by atomic mass is 16.5. The summed E-state index contributed by atoms with van der Waals surface area (Å²) >= 11 is 0. The summed E-state index contributed by atoms with van der Waals surface area (Å²) in [4.78, 5) is 0. The molecule has 1 aliphatic carbocycles. The summed E-state index contributed by atoms with van der Waals surface area (Å²) in [5.74, 6) is 0.814. The van der Waals surface area contributed by atoms with Crippen molar-refractivity contribution in [3.05, 3.63) is 30.4 Å². The molecule has 3 rings (SSSR count). The highest BCUT2D eigenvalue weighted by Gasteiger charge is 2.17. The van der Waals surface area contributed by atoms with E-state index >= 15 is 0 Å². The Morgan fingerprint density at radius 3 is 3.00 bits per heavy atom. The second-order valence-corrected chi connectivity index (χ2v) is 5.45. The molecule has 0 unspecified atom stereocenters. The molecular formula is C15H22N4O. The Morgan fingerprint density at radius 2 is 2.20 bits per heavy atom. The fourth-order valence-corrected chi connectivity index (χ4v) is 2.75. The van der Waals surface area contributed by atoms with E-state index in [1.165, 1.54) is 25.7 Å². The molecule has 0 radical (unpaired) electrons. The number of aromatic nitrogens is 4. The molecular weight excluding hydrogens is 252 g/mol. The van der Waals surface area contributed by atoms with Crippen LogP contribution in [0.3, 0.4) is 0 Å². The molecule has 20 heavy (non-hydrogen) atoms. The maximum absolute atomic E-state index is 5.74. The molecule has 2 heterocycles. The summed E-state index contributed by atoms with van der Waals surface area (Å²) < 4.78 is 9.75. The quantitative estimate of drug-likeness (QED) is 0.812. The van der Waals surface area contributed by atoms with Gasteiger partial charge in [-0.15, -0.1) is 0 Å². The Kier molecular flexibility index (Phi) is 4.04. The SMILES string of the molecule is CCCn1cc(OCc2ccn(C3CCCC3)n2)cn1. The van der Waals surface area contributed by atoms with Gasteiger partial charge in [-0.2, -0.15) is 10.2 Å². The summed E-state index contributed by atoms with van der Waals surface area (Å²) in [5, 5.41) is 8.87. The van der Waals surface area contributed by atoms with Gasteiger partial charge in [0.25, 0.3) is 0 Å². The first-order valence-corrected chi connectivity index (χ1v) is 7.54. The van der Waals surface area contributed by atoms with E-state index < -0.39 is 0 Å². The largest absolute Gasteiger partial charge is 0.484 e. The third kappa shape index (κ3) is 3.03. The van der Waals surface area contributed by atoms with Crippen molar-refractivity contribution in [2.75, 3.05) is 0 Å². The average molecular weight is 274 g/mol. The number of hydrogen-bond donors (Lipinski definition) is 0. The van der Waals surface area contributed by atoms with Crippen LogP contribution in [-0.4, -0.2) is 19.6 Å². The molecule has 0 aliphatic heterocycles. The number of nitrogens with zero attached hydrogens (tertiary/aromatic N) is 4. The highest BCUT2D eigenvalue weighted by molar-refractivity contribution is 5.12. The Bertz CT molecular complexity index is 540. The third-order valence-corrected chi connectivity index (χ3v) is 3.81. The van der Waals surface area contributed by atoms with E-state index in [4.69, 9.17) is 4.74 Å². The van der Waals surface area contributed by atoms with Gasteiger partial charge in [0.1, 0.15) is 6.61 Å². The van der Waals surface area contributed by atoms with Crippen LogP contribution in [-0.2, 0) is 13.2 Å². The van der Waals surface area contributed by atoms with Gasteiger partial charge in [-0.1, -0.05) is 19.8 Å². The van der Waals surface area contributed by atoms with Crippen LogP contribution in [0.4, 0.5) is 0 Å². The lowest BCUT2D eigenvalue weighted by molar-refractivity contribution is 0.297. The topological polar surface area (TPSA) is 44.9 Å². The zero-order valence-corrected chi connectivity index (χ0v) is 12.0. The molecule has 0 N–H and O–H groups in total. The predicted octanol–water partition coefficient (Wildman–Crippen LogP) is 3.18. The molecule has 1 aliphatic rings. The second kappa shape index (κ2) is 6.11. The van der Waals surface area contributed by atoms with E-state index in [1.807, 2.05) is 10.9 Å². The van der Waals surface area contributed by atoms with Crippen LogP contribution in [0.25, 0.3) is 0 Å². The molecule has 5 heteroatoms. The van der Waals surface area contributed by atoms with Gasteiger partial charge in [0.05, 0.1) is 24.1 Å². The van der Waals surface area contributed by atoms with Gasteiger partial charge in [0.15, 0.2) is 5.75 Å². The maximum Gasteiger partial charge on any atom is 0.157 e. The van der Waals surface area contributed by atoms with E-state index in [9.17, 15) is 0 Å². The molecule has 0 spiro atoms. The predicted molar refractivity (Wildman–Crippen MR) is 76.6 cm³/mol. The molecule has 0 amide bonds.